The van der Waals surface area contributed by atoms with Gasteiger partial charge in [-0.3, -0.25) is 0 Å². The van der Waals surface area contributed by atoms with E-state index >= 15 is 0 Å². The molecule has 3 rings (SSSR count). The minimum absolute atomic E-state index is 0.547. The molecule has 2 heterocycles. The van der Waals surface area contributed by atoms with Gasteiger partial charge in [-0.15, -0.1) is 0 Å². The molecule has 0 amide bonds. The third-order valence-corrected chi connectivity index (χ3v) is 4.67. The molecule has 0 aromatic heterocycles. The average Bonchev–Trinajstić information content (AvgIpc) is 2.79. The first-order valence-electron chi connectivity index (χ1n) is 7.97. The van der Waals surface area contributed by atoms with E-state index in [1.807, 2.05) is 0 Å². The molecule has 1 fully saturated rings. The van der Waals surface area contributed by atoms with Crippen LogP contribution in [0.15, 0.2) is 24.3 Å². The Balaban J connectivity index is 1.57. The van der Waals surface area contributed by atoms with Crippen LogP contribution in [0.3, 0.4) is 0 Å². The average molecular weight is 274 g/mol. The molecule has 110 valence electrons. The standard InChI is InChI=1S/C17H26N2O/c1-2-18-17-13-20-12-16(17)11-19-9-7-14-5-3-4-6-15(14)8-10-19/h3-6,16-18H,2,7-13H2,1H3. The van der Waals surface area contributed by atoms with E-state index in [1.165, 1.54) is 32.5 Å². The van der Waals surface area contributed by atoms with Gasteiger partial charge in [-0.05, 0) is 30.5 Å². The van der Waals surface area contributed by atoms with E-state index in [0.717, 1.165) is 19.8 Å². The number of hydrogen-bond acceptors (Lipinski definition) is 3. The summed E-state index contributed by atoms with van der Waals surface area (Å²) in [5.74, 6) is 0.649. The Kier molecular flexibility index (Phi) is 4.71. The zero-order valence-corrected chi connectivity index (χ0v) is 12.5. The van der Waals surface area contributed by atoms with Gasteiger partial charge in [0, 0.05) is 31.6 Å². The van der Waals surface area contributed by atoms with Gasteiger partial charge in [0.05, 0.1) is 13.2 Å². The highest BCUT2D eigenvalue weighted by Crippen LogP contribution is 2.19. The van der Waals surface area contributed by atoms with Crippen molar-refractivity contribution in [1.29, 1.82) is 0 Å². The van der Waals surface area contributed by atoms with Crippen molar-refractivity contribution in [2.24, 2.45) is 5.92 Å². The van der Waals surface area contributed by atoms with E-state index in [9.17, 15) is 0 Å². The number of benzene rings is 1. The molecule has 0 radical (unpaired) electrons. The minimum Gasteiger partial charge on any atom is -0.379 e. The summed E-state index contributed by atoms with van der Waals surface area (Å²) in [6.07, 6.45) is 2.38. The summed E-state index contributed by atoms with van der Waals surface area (Å²) in [6.45, 7) is 8.56. The van der Waals surface area contributed by atoms with Gasteiger partial charge in [0.2, 0.25) is 0 Å². The Morgan fingerprint density at radius 3 is 2.50 bits per heavy atom. The smallest absolute Gasteiger partial charge is 0.0623 e. The summed E-state index contributed by atoms with van der Waals surface area (Å²) in [5.41, 5.74) is 3.09. The molecule has 0 spiro atoms. The monoisotopic (exact) mass is 274 g/mol. The largest absolute Gasteiger partial charge is 0.379 e. The zero-order chi connectivity index (χ0) is 13.8. The number of nitrogens with one attached hydrogen (secondary N) is 1. The molecule has 1 aromatic carbocycles. The van der Waals surface area contributed by atoms with Crippen molar-refractivity contribution in [3.8, 4) is 0 Å². The van der Waals surface area contributed by atoms with Crippen LogP contribution in [0.4, 0.5) is 0 Å². The van der Waals surface area contributed by atoms with Gasteiger partial charge in [-0.25, -0.2) is 0 Å². The first-order chi connectivity index (χ1) is 9.86. The van der Waals surface area contributed by atoms with Crippen molar-refractivity contribution in [2.45, 2.75) is 25.8 Å². The molecule has 0 aliphatic carbocycles. The van der Waals surface area contributed by atoms with Gasteiger partial charge in [0.1, 0.15) is 0 Å². The molecule has 2 aliphatic heterocycles. The molecule has 3 nitrogen and oxygen atoms in total. The highest BCUT2D eigenvalue weighted by Gasteiger charge is 2.29. The molecule has 1 saturated heterocycles. The number of rotatable bonds is 4. The van der Waals surface area contributed by atoms with Crippen LogP contribution in [0.25, 0.3) is 0 Å². The number of hydrogen-bond donors (Lipinski definition) is 1. The first kappa shape index (κ1) is 14.1. The van der Waals surface area contributed by atoms with Crippen LogP contribution in [-0.4, -0.2) is 50.3 Å². The van der Waals surface area contributed by atoms with Crippen molar-refractivity contribution < 1.29 is 4.74 Å². The molecule has 3 heteroatoms. The molecule has 0 saturated carbocycles. The Morgan fingerprint density at radius 1 is 1.15 bits per heavy atom. The van der Waals surface area contributed by atoms with Gasteiger partial charge >= 0.3 is 0 Å². The fourth-order valence-electron chi connectivity index (χ4n) is 3.49. The Bertz CT molecular complexity index is 408. The third-order valence-electron chi connectivity index (χ3n) is 4.67. The lowest BCUT2D eigenvalue weighted by atomic mass is 10.0. The van der Waals surface area contributed by atoms with Crippen LogP contribution < -0.4 is 5.32 Å². The van der Waals surface area contributed by atoms with Gasteiger partial charge in [0.25, 0.3) is 0 Å². The Labute approximate surface area is 122 Å². The summed E-state index contributed by atoms with van der Waals surface area (Å²) < 4.78 is 5.67. The Hall–Kier alpha value is -0.900. The van der Waals surface area contributed by atoms with E-state index < -0.39 is 0 Å². The van der Waals surface area contributed by atoms with Crippen molar-refractivity contribution in [2.75, 3.05) is 39.4 Å². The first-order valence-corrected chi connectivity index (χ1v) is 7.97. The van der Waals surface area contributed by atoms with Crippen molar-refractivity contribution in [3.63, 3.8) is 0 Å². The molecular weight excluding hydrogens is 248 g/mol. The van der Waals surface area contributed by atoms with Crippen LogP contribution in [0.2, 0.25) is 0 Å². The fourth-order valence-corrected chi connectivity index (χ4v) is 3.49. The van der Waals surface area contributed by atoms with Crippen LogP contribution in [0.1, 0.15) is 18.1 Å². The van der Waals surface area contributed by atoms with Crippen LogP contribution in [0.5, 0.6) is 0 Å². The topological polar surface area (TPSA) is 24.5 Å². The number of nitrogens with zero attached hydrogens (tertiary/aromatic N) is 1. The molecule has 0 bridgehead atoms. The minimum atomic E-state index is 0.547. The molecule has 2 unspecified atom stereocenters. The second-order valence-electron chi connectivity index (χ2n) is 6.03. The van der Waals surface area contributed by atoms with Crippen molar-refractivity contribution in [3.05, 3.63) is 35.4 Å². The predicted octanol–water partition coefficient (Wildman–Crippen LogP) is 1.71. The lowest BCUT2D eigenvalue weighted by Crippen LogP contribution is -2.42. The molecular formula is C17H26N2O. The predicted molar refractivity (Wildman–Crippen MR) is 82.1 cm³/mol. The van der Waals surface area contributed by atoms with E-state index in [0.29, 0.717) is 12.0 Å². The molecule has 1 aromatic rings. The van der Waals surface area contributed by atoms with E-state index in [-0.39, 0.29) is 0 Å². The molecule has 1 N–H and O–H groups in total. The van der Waals surface area contributed by atoms with Gasteiger partial charge < -0.3 is 15.0 Å². The summed E-state index contributed by atoms with van der Waals surface area (Å²) in [6, 6.07) is 9.46. The molecule has 2 aliphatic rings. The summed E-state index contributed by atoms with van der Waals surface area (Å²) in [4.78, 5) is 2.63. The second-order valence-corrected chi connectivity index (χ2v) is 6.03. The zero-order valence-electron chi connectivity index (χ0n) is 12.5. The van der Waals surface area contributed by atoms with Gasteiger partial charge in [-0.2, -0.15) is 0 Å². The number of likely N-dealkylation sites (N-methyl/N-ethyl adjacent to an activating group) is 1. The molecule has 20 heavy (non-hydrogen) atoms. The summed E-state index contributed by atoms with van der Waals surface area (Å²) >= 11 is 0. The van der Waals surface area contributed by atoms with Crippen LogP contribution in [0, 0.1) is 5.92 Å². The van der Waals surface area contributed by atoms with E-state index in [4.69, 9.17) is 4.74 Å². The van der Waals surface area contributed by atoms with Crippen molar-refractivity contribution in [1.82, 2.24) is 10.2 Å². The van der Waals surface area contributed by atoms with Crippen LogP contribution >= 0.6 is 0 Å². The Morgan fingerprint density at radius 2 is 1.85 bits per heavy atom. The number of ether oxygens (including phenoxy) is 1. The molecule has 2 atom stereocenters. The van der Waals surface area contributed by atoms with Crippen LogP contribution in [-0.2, 0) is 17.6 Å². The highest BCUT2D eigenvalue weighted by molar-refractivity contribution is 5.28. The second kappa shape index (κ2) is 6.70. The van der Waals surface area contributed by atoms with Crippen molar-refractivity contribution >= 4 is 0 Å². The summed E-state index contributed by atoms with van der Waals surface area (Å²) in [5, 5.41) is 3.57. The lowest BCUT2D eigenvalue weighted by Gasteiger charge is -2.26. The van der Waals surface area contributed by atoms with E-state index in [1.54, 1.807) is 11.1 Å². The number of fused-ring (bicyclic) bond motifs is 1. The summed E-state index contributed by atoms with van der Waals surface area (Å²) in [7, 11) is 0. The maximum Gasteiger partial charge on any atom is 0.0623 e. The lowest BCUT2D eigenvalue weighted by molar-refractivity contribution is 0.168. The highest BCUT2D eigenvalue weighted by atomic mass is 16.5. The SMILES string of the molecule is CCNC1COCC1CN1CCc2ccccc2CC1. The maximum atomic E-state index is 5.67. The third kappa shape index (κ3) is 3.22. The normalized spacial score (nSPS) is 27.2. The van der Waals surface area contributed by atoms with Gasteiger partial charge in [-0.1, -0.05) is 31.2 Å². The van der Waals surface area contributed by atoms with Gasteiger partial charge in [0.15, 0.2) is 0 Å². The maximum absolute atomic E-state index is 5.67. The van der Waals surface area contributed by atoms with E-state index in [2.05, 4.69) is 41.4 Å². The quantitative estimate of drug-likeness (QED) is 0.904. The fraction of sp³-hybridized carbons (Fsp3) is 0.647.